The monoisotopic (exact) mass is 262 g/mol. The van der Waals surface area contributed by atoms with Crippen molar-refractivity contribution in [2.45, 2.75) is 12.6 Å². The summed E-state index contributed by atoms with van der Waals surface area (Å²) in [4.78, 5) is 6.20. The molecular weight excluding hydrogens is 244 g/mol. The van der Waals surface area contributed by atoms with Crippen molar-refractivity contribution < 1.29 is 9.84 Å². The molecule has 0 aromatic carbocycles. The number of rotatable bonds is 4. The molecule has 1 atom stereocenters. The summed E-state index contributed by atoms with van der Waals surface area (Å²) >= 11 is 0. The summed E-state index contributed by atoms with van der Waals surface area (Å²) in [6.07, 6.45) is 1.37. The number of pyridine rings is 1. The molecule has 0 radical (unpaired) electrons. The highest BCUT2D eigenvalue weighted by Crippen LogP contribution is 2.18. The molecular formula is C13H18N4O2. The SMILES string of the molecule is COc1cc(CC(O)N2CCNCC2)ncc1C#N. The molecule has 1 aromatic rings. The number of ether oxygens (including phenoxy) is 1. The number of aliphatic hydroxyl groups excluding tert-OH is 1. The molecule has 19 heavy (non-hydrogen) atoms. The third kappa shape index (κ3) is 3.41. The van der Waals surface area contributed by atoms with E-state index in [4.69, 9.17) is 10.00 Å². The lowest BCUT2D eigenvalue weighted by Crippen LogP contribution is -2.49. The fourth-order valence-electron chi connectivity index (χ4n) is 2.14. The number of nitriles is 1. The second-order valence-electron chi connectivity index (χ2n) is 4.46. The molecule has 1 saturated heterocycles. The Kier molecular flexibility index (Phi) is 4.68. The number of nitrogens with one attached hydrogen (secondary N) is 1. The summed E-state index contributed by atoms with van der Waals surface area (Å²) in [7, 11) is 1.52. The van der Waals surface area contributed by atoms with Crippen molar-refractivity contribution in [3.05, 3.63) is 23.5 Å². The first-order chi connectivity index (χ1) is 9.24. The molecule has 1 aliphatic rings. The van der Waals surface area contributed by atoms with Gasteiger partial charge < -0.3 is 15.2 Å². The van der Waals surface area contributed by atoms with Gasteiger partial charge in [0, 0.05) is 50.6 Å². The summed E-state index contributed by atoms with van der Waals surface area (Å²) in [5, 5.41) is 22.3. The van der Waals surface area contributed by atoms with Crippen LogP contribution in [0.4, 0.5) is 0 Å². The van der Waals surface area contributed by atoms with E-state index >= 15 is 0 Å². The topological polar surface area (TPSA) is 81.4 Å². The van der Waals surface area contributed by atoms with Crippen LogP contribution in [0.3, 0.4) is 0 Å². The van der Waals surface area contributed by atoms with Crippen LogP contribution >= 0.6 is 0 Å². The molecule has 0 aliphatic carbocycles. The van der Waals surface area contributed by atoms with E-state index in [1.807, 2.05) is 11.0 Å². The van der Waals surface area contributed by atoms with Crippen LogP contribution in [-0.2, 0) is 6.42 Å². The minimum Gasteiger partial charge on any atom is -0.495 e. The second kappa shape index (κ2) is 6.48. The van der Waals surface area contributed by atoms with Gasteiger partial charge in [-0.1, -0.05) is 0 Å². The van der Waals surface area contributed by atoms with Crippen LogP contribution in [0.5, 0.6) is 5.75 Å². The van der Waals surface area contributed by atoms with Crippen molar-refractivity contribution in [2.75, 3.05) is 33.3 Å². The molecule has 2 N–H and O–H groups in total. The number of aliphatic hydroxyl groups is 1. The first-order valence-corrected chi connectivity index (χ1v) is 6.30. The number of hydrogen-bond donors (Lipinski definition) is 2. The van der Waals surface area contributed by atoms with Gasteiger partial charge in [0.1, 0.15) is 23.6 Å². The molecule has 2 heterocycles. The maximum atomic E-state index is 10.2. The summed E-state index contributed by atoms with van der Waals surface area (Å²) in [6.45, 7) is 3.44. The van der Waals surface area contributed by atoms with Gasteiger partial charge in [-0.05, 0) is 0 Å². The molecule has 1 unspecified atom stereocenters. The van der Waals surface area contributed by atoms with Crippen molar-refractivity contribution in [1.82, 2.24) is 15.2 Å². The molecule has 0 spiro atoms. The van der Waals surface area contributed by atoms with Crippen LogP contribution in [0.2, 0.25) is 0 Å². The van der Waals surface area contributed by atoms with Crippen LogP contribution < -0.4 is 10.1 Å². The normalized spacial score (nSPS) is 17.7. The summed E-state index contributed by atoms with van der Waals surface area (Å²) < 4.78 is 5.14. The van der Waals surface area contributed by atoms with Crippen LogP contribution in [-0.4, -0.2) is 54.5 Å². The van der Waals surface area contributed by atoms with E-state index in [2.05, 4.69) is 10.3 Å². The standard InChI is InChI=1S/C13H18N4O2/c1-19-12-6-11(16-9-10(12)8-14)7-13(18)17-4-2-15-3-5-17/h6,9,13,15,18H,2-5,7H2,1H3. The third-order valence-corrected chi connectivity index (χ3v) is 3.23. The Bertz CT molecular complexity index is 466. The smallest absolute Gasteiger partial charge is 0.140 e. The zero-order valence-electron chi connectivity index (χ0n) is 11.0. The number of hydrogen-bond acceptors (Lipinski definition) is 6. The number of piperazine rings is 1. The van der Waals surface area contributed by atoms with E-state index in [1.54, 1.807) is 6.07 Å². The highest BCUT2D eigenvalue weighted by atomic mass is 16.5. The molecule has 0 amide bonds. The average Bonchev–Trinajstić information content (AvgIpc) is 2.48. The first-order valence-electron chi connectivity index (χ1n) is 6.30. The second-order valence-corrected chi connectivity index (χ2v) is 4.46. The van der Waals surface area contributed by atoms with Gasteiger partial charge in [0.05, 0.1) is 7.11 Å². The van der Waals surface area contributed by atoms with Crippen LogP contribution in [0.15, 0.2) is 12.3 Å². The van der Waals surface area contributed by atoms with E-state index < -0.39 is 6.23 Å². The van der Waals surface area contributed by atoms with Crippen molar-refractivity contribution in [1.29, 1.82) is 5.26 Å². The Morgan fingerprint density at radius 2 is 2.32 bits per heavy atom. The van der Waals surface area contributed by atoms with Gasteiger partial charge in [-0.2, -0.15) is 5.26 Å². The number of nitrogens with zero attached hydrogens (tertiary/aromatic N) is 3. The van der Waals surface area contributed by atoms with E-state index in [-0.39, 0.29) is 0 Å². The van der Waals surface area contributed by atoms with E-state index in [0.717, 1.165) is 31.9 Å². The third-order valence-electron chi connectivity index (χ3n) is 3.23. The molecule has 6 heteroatoms. The highest BCUT2D eigenvalue weighted by molar-refractivity contribution is 5.42. The maximum Gasteiger partial charge on any atom is 0.140 e. The summed E-state index contributed by atoms with van der Waals surface area (Å²) in [5.74, 6) is 0.500. The van der Waals surface area contributed by atoms with Gasteiger partial charge in [-0.15, -0.1) is 0 Å². The average molecular weight is 262 g/mol. The number of aromatic nitrogens is 1. The van der Waals surface area contributed by atoms with Crippen molar-refractivity contribution in [2.24, 2.45) is 0 Å². The van der Waals surface area contributed by atoms with E-state index in [9.17, 15) is 5.11 Å². The summed E-state index contributed by atoms with van der Waals surface area (Å²) in [6, 6.07) is 3.73. The molecule has 2 rings (SSSR count). The predicted molar refractivity (Wildman–Crippen MR) is 69.7 cm³/mol. The van der Waals surface area contributed by atoms with Crippen molar-refractivity contribution in [3.63, 3.8) is 0 Å². The van der Waals surface area contributed by atoms with Gasteiger partial charge in [0.2, 0.25) is 0 Å². The molecule has 1 aliphatic heterocycles. The Labute approximate surface area is 112 Å². The lowest BCUT2D eigenvalue weighted by molar-refractivity contribution is -0.00334. The minimum absolute atomic E-state index is 0.405. The first kappa shape index (κ1) is 13.7. The van der Waals surface area contributed by atoms with Gasteiger partial charge in [0.25, 0.3) is 0 Å². The molecule has 102 valence electrons. The highest BCUT2D eigenvalue weighted by Gasteiger charge is 2.19. The Hall–Kier alpha value is -1.68. The van der Waals surface area contributed by atoms with Crippen LogP contribution in [0, 0.1) is 11.3 Å². The minimum atomic E-state index is -0.549. The quantitative estimate of drug-likeness (QED) is 0.777. The largest absolute Gasteiger partial charge is 0.495 e. The lowest BCUT2D eigenvalue weighted by atomic mass is 10.2. The van der Waals surface area contributed by atoms with E-state index in [1.165, 1.54) is 13.3 Å². The van der Waals surface area contributed by atoms with Gasteiger partial charge in [-0.25, -0.2) is 0 Å². The van der Waals surface area contributed by atoms with Crippen LogP contribution in [0.25, 0.3) is 0 Å². The van der Waals surface area contributed by atoms with Gasteiger partial charge >= 0.3 is 0 Å². The molecule has 1 fully saturated rings. The molecule has 1 aromatic heterocycles. The fourth-order valence-corrected chi connectivity index (χ4v) is 2.14. The van der Waals surface area contributed by atoms with E-state index in [0.29, 0.717) is 17.7 Å². The fraction of sp³-hybridized carbons (Fsp3) is 0.538. The Morgan fingerprint density at radius 3 is 2.95 bits per heavy atom. The molecule has 0 bridgehead atoms. The Morgan fingerprint density at radius 1 is 1.58 bits per heavy atom. The lowest BCUT2D eigenvalue weighted by Gasteiger charge is -2.31. The molecule has 0 saturated carbocycles. The molecule has 6 nitrogen and oxygen atoms in total. The predicted octanol–water partition coefficient (Wildman–Crippen LogP) is -0.272. The van der Waals surface area contributed by atoms with Crippen molar-refractivity contribution in [3.8, 4) is 11.8 Å². The number of methoxy groups -OCH3 is 1. The van der Waals surface area contributed by atoms with Gasteiger partial charge in [-0.3, -0.25) is 9.88 Å². The van der Waals surface area contributed by atoms with Gasteiger partial charge in [0.15, 0.2) is 0 Å². The Balaban J connectivity index is 2.04. The van der Waals surface area contributed by atoms with Crippen LogP contribution in [0.1, 0.15) is 11.3 Å². The zero-order chi connectivity index (χ0) is 13.7. The summed E-state index contributed by atoms with van der Waals surface area (Å²) in [5.41, 5.74) is 1.13. The zero-order valence-corrected chi connectivity index (χ0v) is 11.0. The van der Waals surface area contributed by atoms with Crippen molar-refractivity contribution >= 4 is 0 Å². The maximum absolute atomic E-state index is 10.2.